The highest BCUT2D eigenvalue weighted by molar-refractivity contribution is 5.88. The van der Waals surface area contributed by atoms with Crippen molar-refractivity contribution in [2.75, 3.05) is 32.7 Å². The number of nitrogens with zero attached hydrogens (tertiary/aromatic N) is 3. The van der Waals surface area contributed by atoms with Crippen molar-refractivity contribution in [2.24, 2.45) is 7.05 Å². The fourth-order valence-corrected chi connectivity index (χ4v) is 3.13. The number of aromatic nitrogens is 2. The molecular weight excluding hydrogens is 284 g/mol. The van der Waals surface area contributed by atoms with Crippen LogP contribution in [-0.2, 0) is 16.5 Å². The number of likely N-dealkylation sites (tertiary alicyclic amines) is 1. The van der Waals surface area contributed by atoms with E-state index in [0.29, 0.717) is 24.9 Å². The van der Waals surface area contributed by atoms with Crippen molar-refractivity contribution in [1.29, 1.82) is 0 Å². The number of methoxy groups -OCH3 is 2. The Morgan fingerprint density at radius 1 is 1.45 bits per heavy atom. The van der Waals surface area contributed by atoms with Gasteiger partial charge in [0.05, 0.1) is 18.8 Å². The largest absolute Gasteiger partial charge is 0.383 e. The number of urea groups is 1. The molecule has 122 valence electrons. The molecule has 0 unspecified atom stereocenters. The minimum absolute atomic E-state index is 0.0431. The molecule has 1 aromatic rings. The zero-order valence-corrected chi connectivity index (χ0v) is 13.4. The van der Waals surface area contributed by atoms with Crippen LogP contribution in [0.3, 0.4) is 0 Å². The summed E-state index contributed by atoms with van der Waals surface area (Å²) in [5, 5.41) is 7.29. The Morgan fingerprint density at radius 3 is 2.86 bits per heavy atom. The molecule has 0 bridgehead atoms. The number of carbonyl (C=O) groups is 1. The van der Waals surface area contributed by atoms with E-state index in [1.54, 1.807) is 19.1 Å². The highest BCUT2D eigenvalue weighted by atomic mass is 16.5. The van der Waals surface area contributed by atoms with Gasteiger partial charge in [-0.25, -0.2) is 4.79 Å². The van der Waals surface area contributed by atoms with Crippen molar-refractivity contribution in [2.45, 2.75) is 37.3 Å². The van der Waals surface area contributed by atoms with Crippen molar-refractivity contribution in [3.05, 3.63) is 11.8 Å². The molecule has 0 aromatic carbocycles. The van der Waals surface area contributed by atoms with Gasteiger partial charge in [0.25, 0.3) is 0 Å². The van der Waals surface area contributed by atoms with Crippen LogP contribution >= 0.6 is 0 Å². The number of rotatable bonds is 5. The maximum atomic E-state index is 12.5. The monoisotopic (exact) mass is 308 g/mol. The summed E-state index contributed by atoms with van der Waals surface area (Å²) in [6, 6.07) is 1.88. The maximum Gasteiger partial charge on any atom is 0.323 e. The van der Waals surface area contributed by atoms with Gasteiger partial charge in [0.1, 0.15) is 0 Å². The number of ether oxygens (including phenoxy) is 2. The zero-order valence-electron chi connectivity index (χ0n) is 13.4. The van der Waals surface area contributed by atoms with E-state index in [4.69, 9.17) is 9.47 Å². The standard InChI is InChI=1S/C15H24N4O3/c1-18-13(10-4-5-10)7-14(17-18)16-15(20)19-8-12(22-3)6-11(19)9-21-2/h7,10-12H,4-6,8-9H2,1-3H3,(H,16,17,20)/t11-,12-/m0/s1. The minimum atomic E-state index is -0.137. The summed E-state index contributed by atoms with van der Waals surface area (Å²) in [6.07, 6.45) is 3.29. The molecule has 7 heteroatoms. The molecule has 1 saturated heterocycles. The molecule has 3 rings (SSSR count). The van der Waals surface area contributed by atoms with Crippen molar-refractivity contribution in [1.82, 2.24) is 14.7 Å². The maximum absolute atomic E-state index is 12.5. The van der Waals surface area contributed by atoms with Crippen LogP contribution < -0.4 is 5.32 Å². The second-order valence-electron chi connectivity index (χ2n) is 6.14. The lowest BCUT2D eigenvalue weighted by Gasteiger charge is -2.23. The third-order valence-corrected chi connectivity index (χ3v) is 4.48. The van der Waals surface area contributed by atoms with Crippen molar-refractivity contribution >= 4 is 11.8 Å². The molecule has 7 nitrogen and oxygen atoms in total. The molecule has 1 aliphatic heterocycles. The Labute approximate surface area is 130 Å². The molecular formula is C15H24N4O3. The van der Waals surface area contributed by atoms with E-state index >= 15 is 0 Å². The quantitative estimate of drug-likeness (QED) is 0.896. The van der Waals surface area contributed by atoms with Gasteiger partial charge in [-0.1, -0.05) is 0 Å². The van der Waals surface area contributed by atoms with E-state index in [0.717, 1.165) is 6.42 Å². The summed E-state index contributed by atoms with van der Waals surface area (Å²) in [6.45, 7) is 1.10. The van der Waals surface area contributed by atoms with Gasteiger partial charge in [0.2, 0.25) is 0 Å². The molecule has 0 radical (unpaired) electrons. The third kappa shape index (κ3) is 3.10. The van der Waals surface area contributed by atoms with Gasteiger partial charge in [0, 0.05) is 45.5 Å². The van der Waals surface area contributed by atoms with Crippen LogP contribution in [0.15, 0.2) is 6.07 Å². The first kappa shape index (κ1) is 15.3. The molecule has 2 amide bonds. The lowest BCUT2D eigenvalue weighted by molar-refractivity contribution is 0.110. The average Bonchev–Trinajstić information content (AvgIpc) is 3.15. The summed E-state index contributed by atoms with van der Waals surface area (Å²) >= 11 is 0. The van der Waals surface area contributed by atoms with Crippen LogP contribution in [0.25, 0.3) is 0 Å². The van der Waals surface area contributed by atoms with Crippen LogP contribution in [0.2, 0.25) is 0 Å². The number of carbonyl (C=O) groups excluding carboxylic acids is 1. The Balaban J connectivity index is 1.66. The number of hydrogen-bond donors (Lipinski definition) is 1. The smallest absolute Gasteiger partial charge is 0.323 e. The highest BCUT2D eigenvalue weighted by Gasteiger charge is 2.36. The first-order valence-electron chi connectivity index (χ1n) is 7.75. The van der Waals surface area contributed by atoms with E-state index in [2.05, 4.69) is 10.4 Å². The Bertz CT molecular complexity index is 541. The van der Waals surface area contributed by atoms with Crippen LogP contribution in [0.5, 0.6) is 0 Å². The highest BCUT2D eigenvalue weighted by Crippen LogP contribution is 2.40. The number of aryl methyl sites for hydroxylation is 1. The lowest BCUT2D eigenvalue weighted by Crippen LogP contribution is -2.41. The molecule has 1 aromatic heterocycles. The summed E-state index contributed by atoms with van der Waals surface area (Å²) in [5.41, 5.74) is 1.19. The molecule has 22 heavy (non-hydrogen) atoms. The lowest BCUT2D eigenvalue weighted by atomic mass is 10.2. The summed E-state index contributed by atoms with van der Waals surface area (Å²) in [7, 11) is 5.25. The van der Waals surface area contributed by atoms with Gasteiger partial charge in [-0.15, -0.1) is 0 Å². The van der Waals surface area contributed by atoms with Crippen LogP contribution in [-0.4, -0.2) is 60.2 Å². The van der Waals surface area contributed by atoms with Crippen molar-refractivity contribution < 1.29 is 14.3 Å². The number of hydrogen-bond acceptors (Lipinski definition) is 4. The summed E-state index contributed by atoms with van der Waals surface area (Å²) < 4.78 is 12.5. The van der Waals surface area contributed by atoms with Gasteiger partial charge >= 0.3 is 6.03 Å². The Morgan fingerprint density at radius 2 is 2.23 bits per heavy atom. The van der Waals surface area contributed by atoms with Crippen molar-refractivity contribution in [3.8, 4) is 0 Å². The van der Waals surface area contributed by atoms with Gasteiger partial charge in [-0.05, 0) is 19.3 Å². The van der Waals surface area contributed by atoms with Gasteiger partial charge < -0.3 is 14.4 Å². The Kier molecular flexibility index (Phi) is 4.35. The van der Waals surface area contributed by atoms with Crippen LogP contribution in [0.4, 0.5) is 10.6 Å². The van der Waals surface area contributed by atoms with Gasteiger partial charge in [0.15, 0.2) is 5.82 Å². The third-order valence-electron chi connectivity index (χ3n) is 4.48. The second kappa shape index (κ2) is 6.26. The first-order valence-corrected chi connectivity index (χ1v) is 7.75. The van der Waals surface area contributed by atoms with E-state index < -0.39 is 0 Å². The first-order chi connectivity index (χ1) is 10.6. The fourth-order valence-electron chi connectivity index (χ4n) is 3.13. The average molecular weight is 308 g/mol. The molecule has 1 saturated carbocycles. The predicted molar refractivity (Wildman–Crippen MR) is 82.0 cm³/mol. The molecule has 2 aliphatic rings. The topological polar surface area (TPSA) is 68.6 Å². The summed E-state index contributed by atoms with van der Waals surface area (Å²) in [5.74, 6) is 1.22. The summed E-state index contributed by atoms with van der Waals surface area (Å²) in [4.78, 5) is 14.3. The van der Waals surface area contributed by atoms with Gasteiger partial charge in [-0.2, -0.15) is 5.10 Å². The molecule has 2 fully saturated rings. The van der Waals surface area contributed by atoms with E-state index in [1.807, 2.05) is 17.8 Å². The zero-order chi connectivity index (χ0) is 15.7. The van der Waals surface area contributed by atoms with Crippen LogP contribution in [0, 0.1) is 0 Å². The van der Waals surface area contributed by atoms with E-state index in [-0.39, 0.29) is 18.2 Å². The normalized spacial score (nSPS) is 24.8. The minimum Gasteiger partial charge on any atom is -0.383 e. The Hall–Kier alpha value is -1.60. The van der Waals surface area contributed by atoms with Crippen molar-refractivity contribution in [3.63, 3.8) is 0 Å². The number of anilines is 1. The van der Waals surface area contributed by atoms with E-state index in [1.165, 1.54) is 18.5 Å². The van der Waals surface area contributed by atoms with E-state index in [9.17, 15) is 4.79 Å². The molecule has 0 spiro atoms. The molecule has 1 N–H and O–H groups in total. The molecule has 2 heterocycles. The fraction of sp³-hybridized carbons (Fsp3) is 0.733. The predicted octanol–water partition coefficient (Wildman–Crippen LogP) is 1.57. The van der Waals surface area contributed by atoms with Crippen LogP contribution in [0.1, 0.15) is 30.9 Å². The second-order valence-corrected chi connectivity index (χ2v) is 6.14. The SMILES string of the molecule is COC[C@@H]1C[C@H](OC)CN1C(=O)Nc1cc(C2CC2)n(C)n1. The molecule has 2 atom stereocenters. The van der Waals surface area contributed by atoms with Gasteiger partial charge in [-0.3, -0.25) is 10.00 Å². The number of amides is 2. The molecule has 1 aliphatic carbocycles. The number of nitrogens with one attached hydrogen (secondary N) is 1.